The Balaban J connectivity index is 1.96. The molecule has 0 spiro atoms. The molecule has 3 unspecified atom stereocenters. The minimum atomic E-state index is -0.897. The third-order valence-electron chi connectivity index (χ3n) is 3.88. The molecule has 0 saturated carbocycles. The predicted octanol–water partition coefficient (Wildman–Crippen LogP) is 1.96. The van der Waals surface area contributed by atoms with Crippen LogP contribution >= 0.6 is 11.8 Å². The maximum absolute atomic E-state index is 12.4. The van der Waals surface area contributed by atoms with Crippen LogP contribution in [0.2, 0.25) is 0 Å². The zero-order valence-corrected chi connectivity index (χ0v) is 12.9. The smallest absolute Gasteiger partial charge is 0.327 e. The predicted molar refractivity (Wildman–Crippen MR) is 77.6 cm³/mol. The van der Waals surface area contributed by atoms with Gasteiger partial charge in [-0.1, -0.05) is 13.8 Å². The third-order valence-corrected chi connectivity index (χ3v) is 5.50. The molecule has 20 heavy (non-hydrogen) atoms. The lowest BCUT2D eigenvalue weighted by atomic mass is 10.1. The molecule has 0 bridgehead atoms. The number of hydrogen-bond donors (Lipinski definition) is 1. The van der Waals surface area contributed by atoms with E-state index in [0.717, 1.165) is 19.4 Å². The highest BCUT2D eigenvalue weighted by Gasteiger charge is 2.42. The Morgan fingerprint density at radius 2 is 2.20 bits per heavy atom. The Bertz CT molecular complexity index is 368. The zero-order valence-electron chi connectivity index (χ0n) is 12.1. The standard InChI is InChI=1S/C14H23NO4S/c1-9(2)13-15(11(8-20-13)14(17)18)12(16)6-5-10-4-3-7-19-10/h9-11,13H,3-8H2,1-2H3,(H,17,18). The Morgan fingerprint density at radius 3 is 2.75 bits per heavy atom. The molecule has 6 heteroatoms. The van der Waals surface area contributed by atoms with Gasteiger partial charge in [-0.3, -0.25) is 4.79 Å². The quantitative estimate of drug-likeness (QED) is 0.841. The summed E-state index contributed by atoms with van der Waals surface area (Å²) in [6.07, 6.45) is 3.34. The monoisotopic (exact) mass is 301 g/mol. The van der Waals surface area contributed by atoms with Crippen LogP contribution in [-0.2, 0) is 14.3 Å². The van der Waals surface area contributed by atoms with Crippen LogP contribution in [0.5, 0.6) is 0 Å². The van der Waals surface area contributed by atoms with Gasteiger partial charge in [0.2, 0.25) is 5.91 Å². The lowest BCUT2D eigenvalue weighted by Gasteiger charge is -2.30. The largest absolute Gasteiger partial charge is 0.480 e. The first-order valence-electron chi connectivity index (χ1n) is 7.28. The van der Waals surface area contributed by atoms with Crippen LogP contribution in [0.15, 0.2) is 0 Å². The van der Waals surface area contributed by atoms with E-state index in [2.05, 4.69) is 0 Å². The van der Waals surface area contributed by atoms with E-state index in [9.17, 15) is 14.7 Å². The molecule has 1 N–H and O–H groups in total. The second kappa shape index (κ2) is 6.80. The van der Waals surface area contributed by atoms with E-state index in [1.807, 2.05) is 13.8 Å². The number of amides is 1. The summed E-state index contributed by atoms with van der Waals surface area (Å²) in [7, 11) is 0. The molecule has 2 heterocycles. The van der Waals surface area contributed by atoms with E-state index in [0.29, 0.717) is 18.6 Å². The molecule has 5 nitrogen and oxygen atoms in total. The van der Waals surface area contributed by atoms with E-state index >= 15 is 0 Å². The summed E-state index contributed by atoms with van der Waals surface area (Å²) in [4.78, 5) is 25.3. The maximum Gasteiger partial charge on any atom is 0.327 e. The van der Waals surface area contributed by atoms with Gasteiger partial charge in [0.05, 0.1) is 11.5 Å². The van der Waals surface area contributed by atoms with Crippen molar-refractivity contribution in [1.82, 2.24) is 4.90 Å². The van der Waals surface area contributed by atoms with Crippen molar-refractivity contribution in [3.63, 3.8) is 0 Å². The van der Waals surface area contributed by atoms with Crippen molar-refractivity contribution in [3.05, 3.63) is 0 Å². The Labute approximate surface area is 124 Å². The first kappa shape index (κ1) is 15.6. The van der Waals surface area contributed by atoms with Gasteiger partial charge in [-0.05, 0) is 25.2 Å². The van der Waals surface area contributed by atoms with Gasteiger partial charge in [-0.2, -0.15) is 0 Å². The summed E-state index contributed by atoms with van der Waals surface area (Å²) in [6.45, 7) is 4.84. The highest BCUT2D eigenvalue weighted by Crippen LogP contribution is 2.35. The molecular formula is C14H23NO4S. The van der Waals surface area contributed by atoms with Crippen LogP contribution in [0.3, 0.4) is 0 Å². The highest BCUT2D eigenvalue weighted by atomic mass is 32.2. The summed E-state index contributed by atoms with van der Waals surface area (Å²) in [5.41, 5.74) is 0. The molecule has 2 aliphatic rings. The van der Waals surface area contributed by atoms with Gasteiger partial charge < -0.3 is 14.7 Å². The van der Waals surface area contributed by atoms with Crippen LogP contribution in [0, 0.1) is 5.92 Å². The van der Waals surface area contributed by atoms with Crippen LogP contribution in [0.1, 0.15) is 39.5 Å². The van der Waals surface area contributed by atoms with Crippen LogP contribution in [0.4, 0.5) is 0 Å². The molecule has 2 aliphatic heterocycles. The molecule has 114 valence electrons. The summed E-state index contributed by atoms with van der Waals surface area (Å²) in [5, 5.41) is 9.26. The third kappa shape index (κ3) is 3.47. The SMILES string of the molecule is CC(C)C1SCC(C(=O)O)N1C(=O)CCC1CCCO1. The number of ether oxygens (including phenoxy) is 1. The van der Waals surface area contributed by atoms with Crippen molar-refractivity contribution < 1.29 is 19.4 Å². The number of carbonyl (C=O) groups is 2. The first-order valence-corrected chi connectivity index (χ1v) is 8.32. The summed E-state index contributed by atoms with van der Waals surface area (Å²) >= 11 is 1.57. The molecule has 1 amide bonds. The van der Waals surface area contributed by atoms with E-state index < -0.39 is 12.0 Å². The molecule has 3 atom stereocenters. The zero-order chi connectivity index (χ0) is 14.7. The molecular weight excluding hydrogens is 278 g/mol. The molecule has 2 saturated heterocycles. The Kier molecular flexibility index (Phi) is 5.32. The van der Waals surface area contributed by atoms with Crippen molar-refractivity contribution in [1.29, 1.82) is 0 Å². The van der Waals surface area contributed by atoms with Crippen LogP contribution in [0.25, 0.3) is 0 Å². The topological polar surface area (TPSA) is 66.8 Å². The average Bonchev–Trinajstić information content (AvgIpc) is 3.04. The van der Waals surface area contributed by atoms with Crippen molar-refractivity contribution in [2.75, 3.05) is 12.4 Å². The second-order valence-corrected chi connectivity index (χ2v) is 6.95. The fraction of sp³-hybridized carbons (Fsp3) is 0.857. The van der Waals surface area contributed by atoms with Crippen LogP contribution in [-0.4, -0.2) is 51.8 Å². The van der Waals surface area contributed by atoms with Crippen molar-refractivity contribution >= 4 is 23.6 Å². The Morgan fingerprint density at radius 1 is 1.45 bits per heavy atom. The van der Waals surface area contributed by atoms with Crippen molar-refractivity contribution in [2.45, 2.75) is 57.1 Å². The number of carboxylic acid groups (broad SMARTS) is 1. The summed E-state index contributed by atoms with van der Waals surface area (Å²) < 4.78 is 5.52. The summed E-state index contributed by atoms with van der Waals surface area (Å²) in [6, 6.07) is -0.676. The minimum absolute atomic E-state index is 0.0203. The lowest BCUT2D eigenvalue weighted by Crippen LogP contribution is -2.47. The molecule has 0 aromatic carbocycles. The molecule has 2 rings (SSSR count). The molecule has 0 radical (unpaired) electrons. The number of carboxylic acids is 1. The fourth-order valence-corrected chi connectivity index (χ4v) is 4.33. The van der Waals surface area contributed by atoms with Gasteiger partial charge >= 0.3 is 5.97 Å². The van der Waals surface area contributed by atoms with Crippen LogP contribution < -0.4 is 0 Å². The number of hydrogen-bond acceptors (Lipinski definition) is 4. The number of nitrogens with zero attached hydrogens (tertiary/aromatic N) is 1. The van der Waals surface area contributed by atoms with Gasteiger partial charge in [-0.25, -0.2) is 4.79 Å². The van der Waals surface area contributed by atoms with E-state index in [4.69, 9.17) is 4.74 Å². The number of rotatable bonds is 5. The van der Waals surface area contributed by atoms with Gasteiger partial charge in [0.1, 0.15) is 6.04 Å². The molecule has 0 aromatic heterocycles. The number of thioether (sulfide) groups is 1. The normalized spacial score (nSPS) is 30.1. The molecule has 2 fully saturated rings. The van der Waals surface area contributed by atoms with Gasteiger partial charge in [0, 0.05) is 18.8 Å². The fourth-order valence-electron chi connectivity index (χ4n) is 2.83. The minimum Gasteiger partial charge on any atom is -0.480 e. The second-order valence-electron chi connectivity index (χ2n) is 5.80. The molecule has 0 aromatic rings. The number of aliphatic carboxylic acids is 1. The van der Waals surface area contributed by atoms with Gasteiger partial charge in [0.25, 0.3) is 0 Å². The van der Waals surface area contributed by atoms with Gasteiger partial charge in [0.15, 0.2) is 0 Å². The average molecular weight is 301 g/mol. The highest BCUT2D eigenvalue weighted by molar-refractivity contribution is 8.00. The Hall–Kier alpha value is -0.750. The van der Waals surface area contributed by atoms with E-state index in [1.54, 1.807) is 16.7 Å². The maximum atomic E-state index is 12.4. The van der Waals surface area contributed by atoms with E-state index in [-0.39, 0.29) is 23.3 Å². The molecule has 0 aliphatic carbocycles. The first-order chi connectivity index (χ1) is 9.50. The summed E-state index contributed by atoms with van der Waals surface area (Å²) in [5.74, 6) is -0.192. The van der Waals surface area contributed by atoms with Crippen molar-refractivity contribution in [3.8, 4) is 0 Å². The lowest BCUT2D eigenvalue weighted by molar-refractivity contribution is -0.149. The van der Waals surface area contributed by atoms with Crippen molar-refractivity contribution in [2.24, 2.45) is 5.92 Å². The number of carbonyl (C=O) groups excluding carboxylic acids is 1. The van der Waals surface area contributed by atoms with Gasteiger partial charge in [-0.15, -0.1) is 11.8 Å². The van der Waals surface area contributed by atoms with E-state index in [1.165, 1.54) is 0 Å².